The van der Waals surface area contributed by atoms with Crippen molar-refractivity contribution in [1.82, 2.24) is 4.90 Å². The molecule has 1 atom stereocenters. The maximum Gasteiger partial charge on any atom is 0.224 e. The molecule has 5 heteroatoms. The Morgan fingerprint density at radius 3 is 2.55 bits per heavy atom. The van der Waals surface area contributed by atoms with E-state index in [0.29, 0.717) is 13.0 Å². The van der Waals surface area contributed by atoms with E-state index in [0.717, 1.165) is 13.1 Å². The first-order chi connectivity index (χ1) is 9.54. The minimum atomic E-state index is 0.0553. The molecule has 0 saturated carbocycles. The van der Waals surface area contributed by atoms with Crippen molar-refractivity contribution in [1.29, 1.82) is 0 Å². The van der Waals surface area contributed by atoms with Gasteiger partial charge in [-0.15, -0.1) is 0 Å². The summed E-state index contributed by atoms with van der Waals surface area (Å²) in [6.07, 6.45) is 0.460. The van der Waals surface area contributed by atoms with Crippen LogP contribution >= 0.6 is 0 Å². The fourth-order valence-electron chi connectivity index (χ4n) is 2.61. The number of hydrogen-bond acceptors (Lipinski definition) is 4. The number of anilines is 2. The molecule has 1 aliphatic rings. The molecule has 0 spiro atoms. The van der Waals surface area contributed by atoms with Crippen LogP contribution in [-0.2, 0) is 4.79 Å². The first kappa shape index (κ1) is 14.7. The highest BCUT2D eigenvalue weighted by Gasteiger charge is 2.27. The number of rotatable bonds is 4. The summed E-state index contributed by atoms with van der Waals surface area (Å²) >= 11 is 0. The Labute approximate surface area is 120 Å². The zero-order valence-electron chi connectivity index (χ0n) is 12.5. The fourth-order valence-corrected chi connectivity index (χ4v) is 2.61. The zero-order chi connectivity index (χ0) is 14.7. The lowest BCUT2D eigenvalue weighted by Gasteiger charge is -2.41. The molecule has 0 bridgehead atoms. The predicted octanol–water partition coefficient (Wildman–Crippen LogP) is 0.748. The molecule has 0 aliphatic carbocycles. The highest BCUT2D eigenvalue weighted by molar-refractivity contribution is 5.78. The van der Waals surface area contributed by atoms with E-state index in [1.165, 1.54) is 11.4 Å². The summed E-state index contributed by atoms with van der Waals surface area (Å²) in [7, 11) is 5.67. The summed E-state index contributed by atoms with van der Waals surface area (Å²) < 4.78 is 0. The standard InChI is InChI=1S/C15H24N4O/c1-17(2)15(20)10-12(11-16)19-9-8-18(3)13-6-4-5-7-14(13)19/h4-7,12H,8-11,16H2,1-3H3. The van der Waals surface area contributed by atoms with Gasteiger partial charge in [-0.1, -0.05) is 12.1 Å². The van der Waals surface area contributed by atoms with Crippen LogP contribution in [0.25, 0.3) is 0 Å². The summed E-state index contributed by atoms with van der Waals surface area (Å²) in [6, 6.07) is 8.35. The van der Waals surface area contributed by atoms with Crippen LogP contribution in [0.2, 0.25) is 0 Å². The SMILES string of the molecule is CN(C)C(=O)CC(CN)N1CCN(C)c2ccccc21. The smallest absolute Gasteiger partial charge is 0.224 e. The van der Waals surface area contributed by atoms with Crippen LogP contribution in [0.5, 0.6) is 0 Å². The Morgan fingerprint density at radius 1 is 1.30 bits per heavy atom. The number of likely N-dealkylation sites (N-methyl/N-ethyl adjacent to an activating group) is 1. The van der Waals surface area contributed by atoms with Gasteiger partial charge in [-0.2, -0.15) is 0 Å². The van der Waals surface area contributed by atoms with Crippen molar-refractivity contribution in [2.45, 2.75) is 12.5 Å². The molecule has 1 unspecified atom stereocenters. The van der Waals surface area contributed by atoms with E-state index < -0.39 is 0 Å². The Hall–Kier alpha value is -1.75. The molecule has 1 aliphatic heterocycles. The topological polar surface area (TPSA) is 52.8 Å². The maximum absolute atomic E-state index is 12.0. The molecule has 2 N–H and O–H groups in total. The number of nitrogens with two attached hydrogens (primary N) is 1. The lowest BCUT2D eigenvalue weighted by molar-refractivity contribution is -0.129. The monoisotopic (exact) mass is 276 g/mol. The molecule has 110 valence electrons. The number of carbonyl (C=O) groups excluding carboxylic acids is 1. The Balaban J connectivity index is 2.23. The Kier molecular flexibility index (Phi) is 4.49. The second-order valence-corrected chi connectivity index (χ2v) is 5.49. The van der Waals surface area contributed by atoms with Gasteiger partial charge >= 0.3 is 0 Å². The van der Waals surface area contributed by atoms with Crippen molar-refractivity contribution in [2.24, 2.45) is 5.73 Å². The van der Waals surface area contributed by atoms with Gasteiger partial charge in [-0.3, -0.25) is 4.79 Å². The fraction of sp³-hybridized carbons (Fsp3) is 0.533. The van der Waals surface area contributed by atoms with Gasteiger partial charge in [0.1, 0.15) is 0 Å². The van der Waals surface area contributed by atoms with Crippen molar-refractivity contribution in [2.75, 3.05) is 50.6 Å². The molecule has 2 rings (SSSR count). The molecule has 0 radical (unpaired) electrons. The summed E-state index contributed by atoms with van der Waals surface area (Å²) in [5.41, 5.74) is 8.29. The summed E-state index contributed by atoms with van der Waals surface area (Å²) in [5.74, 6) is 0.122. The van der Waals surface area contributed by atoms with E-state index in [1.54, 1.807) is 19.0 Å². The Bertz CT molecular complexity index is 475. The van der Waals surface area contributed by atoms with Gasteiger partial charge in [0, 0.05) is 47.2 Å². The van der Waals surface area contributed by atoms with Gasteiger partial charge in [0.2, 0.25) is 5.91 Å². The molecular formula is C15H24N4O. The number of amides is 1. The van der Waals surface area contributed by atoms with Crippen LogP contribution in [0, 0.1) is 0 Å². The van der Waals surface area contributed by atoms with Crippen molar-refractivity contribution in [3.8, 4) is 0 Å². The lowest BCUT2D eigenvalue weighted by Crippen LogP contribution is -2.49. The molecule has 20 heavy (non-hydrogen) atoms. The molecule has 1 aromatic carbocycles. The minimum Gasteiger partial charge on any atom is -0.371 e. The second kappa shape index (κ2) is 6.13. The van der Waals surface area contributed by atoms with Gasteiger partial charge in [-0.05, 0) is 12.1 Å². The molecule has 1 heterocycles. The van der Waals surface area contributed by atoms with E-state index in [-0.39, 0.29) is 11.9 Å². The van der Waals surface area contributed by atoms with E-state index in [2.05, 4.69) is 29.0 Å². The maximum atomic E-state index is 12.0. The van der Waals surface area contributed by atoms with Gasteiger partial charge in [-0.25, -0.2) is 0 Å². The quantitative estimate of drug-likeness (QED) is 0.881. The zero-order valence-corrected chi connectivity index (χ0v) is 12.5. The third-order valence-electron chi connectivity index (χ3n) is 3.90. The van der Waals surface area contributed by atoms with Crippen LogP contribution in [0.4, 0.5) is 11.4 Å². The number of nitrogens with zero attached hydrogens (tertiary/aromatic N) is 3. The summed E-state index contributed by atoms with van der Waals surface area (Å²) in [6.45, 7) is 2.33. The highest BCUT2D eigenvalue weighted by atomic mass is 16.2. The Morgan fingerprint density at radius 2 is 1.95 bits per heavy atom. The minimum absolute atomic E-state index is 0.0553. The molecule has 5 nitrogen and oxygen atoms in total. The van der Waals surface area contributed by atoms with E-state index in [4.69, 9.17) is 5.73 Å². The van der Waals surface area contributed by atoms with Crippen LogP contribution in [0.1, 0.15) is 6.42 Å². The first-order valence-electron chi connectivity index (χ1n) is 7.01. The number of hydrogen-bond donors (Lipinski definition) is 1. The largest absolute Gasteiger partial charge is 0.371 e. The third kappa shape index (κ3) is 2.88. The molecule has 1 aromatic rings. The van der Waals surface area contributed by atoms with Gasteiger partial charge in [0.15, 0.2) is 0 Å². The van der Waals surface area contributed by atoms with E-state index in [9.17, 15) is 4.79 Å². The molecule has 1 amide bonds. The van der Waals surface area contributed by atoms with E-state index in [1.807, 2.05) is 12.1 Å². The number of carbonyl (C=O) groups is 1. The third-order valence-corrected chi connectivity index (χ3v) is 3.90. The van der Waals surface area contributed by atoms with Crippen LogP contribution in [-0.4, -0.2) is 57.6 Å². The number of fused-ring (bicyclic) bond motifs is 1. The van der Waals surface area contributed by atoms with Gasteiger partial charge in [0.25, 0.3) is 0 Å². The first-order valence-corrected chi connectivity index (χ1v) is 7.01. The second-order valence-electron chi connectivity index (χ2n) is 5.49. The predicted molar refractivity (Wildman–Crippen MR) is 83.2 cm³/mol. The van der Waals surface area contributed by atoms with Crippen molar-refractivity contribution in [3.05, 3.63) is 24.3 Å². The van der Waals surface area contributed by atoms with E-state index >= 15 is 0 Å². The van der Waals surface area contributed by atoms with Crippen molar-refractivity contribution >= 4 is 17.3 Å². The van der Waals surface area contributed by atoms with Gasteiger partial charge < -0.3 is 20.4 Å². The number of para-hydroxylation sites is 2. The lowest BCUT2D eigenvalue weighted by atomic mass is 10.1. The molecular weight excluding hydrogens is 252 g/mol. The summed E-state index contributed by atoms with van der Waals surface area (Å²) in [5, 5.41) is 0. The van der Waals surface area contributed by atoms with Crippen LogP contribution in [0.3, 0.4) is 0 Å². The van der Waals surface area contributed by atoms with Crippen molar-refractivity contribution < 1.29 is 4.79 Å². The van der Waals surface area contributed by atoms with Crippen LogP contribution < -0.4 is 15.5 Å². The number of benzene rings is 1. The average molecular weight is 276 g/mol. The molecule has 0 saturated heterocycles. The van der Waals surface area contributed by atoms with Crippen LogP contribution in [0.15, 0.2) is 24.3 Å². The van der Waals surface area contributed by atoms with Crippen molar-refractivity contribution in [3.63, 3.8) is 0 Å². The summed E-state index contributed by atoms with van der Waals surface area (Å²) in [4.78, 5) is 18.1. The normalized spacial score (nSPS) is 15.8. The highest BCUT2D eigenvalue weighted by Crippen LogP contribution is 2.33. The molecule has 0 aromatic heterocycles. The average Bonchev–Trinajstić information content (AvgIpc) is 2.45. The van der Waals surface area contributed by atoms with Gasteiger partial charge in [0.05, 0.1) is 17.4 Å². The molecule has 0 fully saturated rings.